The Kier molecular flexibility index (Phi) is 3.44. The Morgan fingerprint density at radius 2 is 1.86 bits per heavy atom. The van der Waals surface area contributed by atoms with Crippen LogP contribution in [0, 0.1) is 6.92 Å². The van der Waals surface area contributed by atoms with E-state index in [-0.39, 0.29) is 5.91 Å². The predicted molar refractivity (Wildman–Crippen MR) is 79.2 cm³/mol. The van der Waals surface area contributed by atoms with Gasteiger partial charge in [-0.25, -0.2) is 4.79 Å². The van der Waals surface area contributed by atoms with Crippen LogP contribution in [-0.4, -0.2) is 18.0 Å². The molecule has 1 heterocycles. The number of carbonyl (C=O) groups is 2. The Morgan fingerprint density at radius 1 is 1.14 bits per heavy atom. The summed E-state index contributed by atoms with van der Waals surface area (Å²) >= 11 is 0. The molecule has 0 spiro atoms. The van der Waals surface area contributed by atoms with E-state index in [1.807, 2.05) is 43.3 Å². The second-order valence-corrected chi connectivity index (χ2v) is 5.06. The molecule has 0 saturated carbocycles. The molecule has 0 saturated heterocycles. The molecule has 2 aromatic carbocycles. The normalized spacial score (nSPS) is 16.8. The first kappa shape index (κ1) is 13.4. The van der Waals surface area contributed by atoms with E-state index in [9.17, 15) is 9.59 Å². The highest BCUT2D eigenvalue weighted by molar-refractivity contribution is 6.00. The summed E-state index contributed by atoms with van der Waals surface area (Å²) in [6.45, 7) is 1.91. The fourth-order valence-corrected chi connectivity index (χ4v) is 2.40. The number of fused-ring (bicyclic) bond motifs is 1. The van der Waals surface area contributed by atoms with Gasteiger partial charge in [-0.05, 0) is 30.2 Å². The summed E-state index contributed by atoms with van der Waals surface area (Å²) in [7, 11) is 0. The second-order valence-electron chi connectivity index (χ2n) is 5.06. The first-order valence-corrected chi connectivity index (χ1v) is 6.80. The van der Waals surface area contributed by atoms with E-state index < -0.39 is 12.1 Å². The van der Waals surface area contributed by atoms with Gasteiger partial charge in [-0.1, -0.05) is 36.4 Å². The number of carbonyl (C=O) groups excluding carboxylic acids is 2. The quantitative estimate of drug-likeness (QED) is 0.861. The van der Waals surface area contributed by atoms with Crippen LogP contribution in [0.3, 0.4) is 0 Å². The molecule has 0 radical (unpaired) electrons. The van der Waals surface area contributed by atoms with Gasteiger partial charge in [0, 0.05) is 12.1 Å². The van der Waals surface area contributed by atoms with Gasteiger partial charge in [0.05, 0.1) is 5.56 Å². The second kappa shape index (κ2) is 5.40. The molecule has 1 amide bonds. The lowest BCUT2D eigenvalue weighted by molar-refractivity contribution is -0.125. The standard InChI is InChI=1S/C17H15NO3/c1-11-6-2-5-9-14(11)18-16(19)15-10-12-7-3-4-8-13(12)17(20)21-15/h2-9,15H,10H2,1H3,(H,18,19)/t15-/m1/s1. The molecular weight excluding hydrogens is 266 g/mol. The molecule has 4 heteroatoms. The van der Waals surface area contributed by atoms with Gasteiger partial charge in [-0.2, -0.15) is 0 Å². The number of anilines is 1. The van der Waals surface area contributed by atoms with E-state index in [0.717, 1.165) is 16.8 Å². The SMILES string of the molecule is Cc1ccccc1NC(=O)[C@H]1Cc2ccccc2C(=O)O1. The molecule has 2 aromatic rings. The van der Waals surface area contributed by atoms with Crippen molar-refractivity contribution in [2.24, 2.45) is 0 Å². The van der Waals surface area contributed by atoms with Crippen molar-refractivity contribution < 1.29 is 14.3 Å². The van der Waals surface area contributed by atoms with Crippen molar-refractivity contribution in [2.75, 3.05) is 5.32 Å². The van der Waals surface area contributed by atoms with Crippen LogP contribution in [0.5, 0.6) is 0 Å². The molecule has 0 bridgehead atoms. The van der Waals surface area contributed by atoms with Gasteiger partial charge in [-0.3, -0.25) is 4.79 Å². The Bertz CT molecular complexity index is 709. The summed E-state index contributed by atoms with van der Waals surface area (Å²) in [5, 5.41) is 2.82. The van der Waals surface area contributed by atoms with Crippen molar-refractivity contribution in [2.45, 2.75) is 19.4 Å². The summed E-state index contributed by atoms with van der Waals surface area (Å²) in [5.74, 6) is -0.742. The summed E-state index contributed by atoms with van der Waals surface area (Å²) < 4.78 is 5.24. The van der Waals surface area contributed by atoms with Crippen molar-refractivity contribution in [3.63, 3.8) is 0 Å². The molecule has 1 atom stereocenters. The number of cyclic esters (lactones) is 1. The average molecular weight is 281 g/mol. The molecule has 0 fully saturated rings. The number of hydrogen-bond donors (Lipinski definition) is 1. The first-order valence-electron chi connectivity index (χ1n) is 6.80. The van der Waals surface area contributed by atoms with Crippen molar-refractivity contribution in [1.29, 1.82) is 0 Å². The summed E-state index contributed by atoms with van der Waals surface area (Å²) in [5.41, 5.74) is 3.09. The highest BCUT2D eigenvalue weighted by Crippen LogP contribution is 2.22. The van der Waals surface area contributed by atoms with Crippen LogP contribution in [0.4, 0.5) is 5.69 Å². The van der Waals surface area contributed by atoms with E-state index in [0.29, 0.717) is 12.0 Å². The van der Waals surface area contributed by atoms with Gasteiger partial charge in [-0.15, -0.1) is 0 Å². The van der Waals surface area contributed by atoms with E-state index in [1.165, 1.54) is 0 Å². The molecule has 0 aromatic heterocycles. The monoisotopic (exact) mass is 281 g/mol. The van der Waals surface area contributed by atoms with Crippen LogP contribution in [0.25, 0.3) is 0 Å². The van der Waals surface area contributed by atoms with Gasteiger partial charge in [0.25, 0.3) is 5.91 Å². The highest BCUT2D eigenvalue weighted by atomic mass is 16.5. The number of aryl methyl sites for hydroxylation is 1. The van der Waals surface area contributed by atoms with Crippen LogP contribution < -0.4 is 5.32 Å². The zero-order valence-electron chi connectivity index (χ0n) is 11.6. The number of hydrogen-bond acceptors (Lipinski definition) is 3. The van der Waals surface area contributed by atoms with Gasteiger partial charge in [0.2, 0.25) is 0 Å². The number of para-hydroxylation sites is 1. The fraction of sp³-hybridized carbons (Fsp3) is 0.176. The van der Waals surface area contributed by atoms with E-state index in [1.54, 1.807) is 12.1 Å². The van der Waals surface area contributed by atoms with Crippen molar-refractivity contribution >= 4 is 17.6 Å². The van der Waals surface area contributed by atoms with E-state index in [2.05, 4.69) is 5.32 Å². The smallest absolute Gasteiger partial charge is 0.339 e. The lowest BCUT2D eigenvalue weighted by Gasteiger charge is -2.24. The summed E-state index contributed by atoms with van der Waals surface area (Å²) in [6.07, 6.45) is -0.383. The zero-order chi connectivity index (χ0) is 14.8. The maximum atomic E-state index is 12.3. The van der Waals surface area contributed by atoms with Crippen molar-refractivity contribution in [1.82, 2.24) is 0 Å². The molecule has 106 valence electrons. The maximum absolute atomic E-state index is 12.3. The van der Waals surface area contributed by atoms with Crippen LogP contribution in [0.2, 0.25) is 0 Å². The number of ether oxygens (including phenoxy) is 1. The topological polar surface area (TPSA) is 55.4 Å². The van der Waals surface area contributed by atoms with Gasteiger partial charge < -0.3 is 10.1 Å². The minimum absolute atomic E-state index is 0.299. The largest absolute Gasteiger partial charge is 0.448 e. The number of nitrogens with one attached hydrogen (secondary N) is 1. The molecule has 0 aliphatic carbocycles. The zero-order valence-corrected chi connectivity index (χ0v) is 11.6. The van der Waals surface area contributed by atoms with Crippen molar-refractivity contribution in [3.8, 4) is 0 Å². The first-order chi connectivity index (χ1) is 10.1. The minimum Gasteiger partial charge on any atom is -0.448 e. The van der Waals surface area contributed by atoms with Crippen LogP contribution in [0.1, 0.15) is 21.5 Å². The molecule has 4 nitrogen and oxygen atoms in total. The number of amides is 1. The van der Waals surface area contributed by atoms with Gasteiger partial charge in [0.15, 0.2) is 6.10 Å². The lowest BCUT2D eigenvalue weighted by atomic mass is 9.98. The van der Waals surface area contributed by atoms with Crippen LogP contribution >= 0.6 is 0 Å². The summed E-state index contributed by atoms with van der Waals surface area (Å²) in [6, 6.07) is 14.7. The molecule has 21 heavy (non-hydrogen) atoms. The predicted octanol–water partition coefficient (Wildman–Crippen LogP) is 2.72. The molecule has 1 N–H and O–H groups in total. The van der Waals surface area contributed by atoms with Crippen LogP contribution in [0.15, 0.2) is 48.5 Å². The Balaban J connectivity index is 1.78. The number of benzene rings is 2. The lowest BCUT2D eigenvalue weighted by Crippen LogP contribution is -2.38. The summed E-state index contributed by atoms with van der Waals surface area (Å²) in [4.78, 5) is 24.2. The molecule has 0 unspecified atom stereocenters. The van der Waals surface area contributed by atoms with E-state index >= 15 is 0 Å². The molecule has 3 rings (SSSR count). The van der Waals surface area contributed by atoms with Crippen LogP contribution in [-0.2, 0) is 16.0 Å². The van der Waals surface area contributed by atoms with Crippen molar-refractivity contribution in [3.05, 3.63) is 65.2 Å². The number of esters is 1. The molecule has 1 aliphatic heterocycles. The number of rotatable bonds is 2. The highest BCUT2D eigenvalue weighted by Gasteiger charge is 2.31. The minimum atomic E-state index is -0.785. The fourth-order valence-electron chi connectivity index (χ4n) is 2.40. The third-order valence-corrected chi connectivity index (χ3v) is 3.59. The third-order valence-electron chi connectivity index (χ3n) is 3.59. The van der Waals surface area contributed by atoms with Gasteiger partial charge in [0.1, 0.15) is 0 Å². The average Bonchev–Trinajstić information content (AvgIpc) is 2.49. The Morgan fingerprint density at radius 3 is 2.67 bits per heavy atom. The third kappa shape index (κ3) is 2.65. The molecule has 1 aliphatic rings. The Labute approximate surface area is 122 Å². The Hall–Kier alpha value is -2.62. The maximum Gasteiger partial charge on any atom is 0.339 e. The molecular formula is C17H15NO3. The van der Waals surface area contributed by atoms with Gasteiger partial charge >= 0.3 is 5.97 Å². The van der Waals surface area contributed by atoms with E-state index in [4.69, 9.17) is 4.74 Å².